The summed E-state index contributed by atoms with van der Waals surface area (Å²) in [5.74, 6) is -1.19. The van der Waals surface area contributed by atoms with Crippen molar-refractivity contribution in [2.24, 2.45) is 0 Å². The highest BCUT2D eigenvalue weighted by molar-refractivity contribution is 9.10. The van der Waals surface area contributed by atoms with Crippen molar-refractivity contribution in [2.45, 2.75) is 0 Å². The number of nitrogens with zero attached hydrogens (tertiary/aromatic N) is 1. The number of benzene rings is 1. The van der Waals surface area contributed by atoms with Crippen LogP contribution in [-0.2, 0) is 0 Å². The Morgan fingerprint density at radius 2 is 2.16 bits per heavy atom. The van der Waals surface area contributed by atoms with Crippen LogP contribution < -0.4 is 4.74 Å². The molecule has 7 heteroatoms. The topological polar surface area (TPSA) is 59.4 Å². The molecule has 0 aliphatic carbocycles. The molecular weight excluding hydrogens is 340 g/mol. The molecule has 0 unspecified atom stereocenters. The Morgan fingerprint density at radius 1 is 1.42 bits per heavy atom. The van der Waals surface area contributed by atoms with Gasteiger partial charge in [0.1, 0.15) is 16.6 Å². The van der Waals surface area contributed by atoms with Crippen molar-refractivity contribution in [1.29, 1.82) is 0 Å². The van der Waals surface area contributed by atoms with Gasteiger partial charge in [-0.2, -0.15) is 0 Å². The van der Waals surface area contributed by atoms with Crippen molar-refractivity contribution in [3.63, 3.8) is 0 Å². The largest absolute Gasteiger partial charge is 0.478 e. The highest BCUT2D eigenvalue weighted by Crippen LogP contribution is 2.30. The van der Waals surface area contributed by atoms with E-state index in [4.69, 9.17) is 21.4 Å². The van der Waals surface area contributed by atoms with Crippen LogP contribution in [-0.4, -0.2) is 16.1 Å². The van der Waals surface area contributed by atoms with Crippen LogP contribution >= 0.6 is 27.5 Å². The SMILES string of the molecule is O=C(O)c1cnc(Oc2ccc(F)c(Br)c2)c(Cl)c1. The zero-order valence-electron chi connectivity index (χ0n) is 9.23. The van der Waals surface area contributed by atoms with E-state index in [9.17, 15) is 9.18 Å². The van der Waals surface area contributed by atoms with Crippen LogP contribution in [0.3, 0.4) is 0 Å². The number of halogens is 3. The first-order valence-corrected chi connectivity index (χ1v) is 6.16. The first kappa shape index (κ1) is 13.8. The highest BCUT2D eigenvalue weighted by Gasteiger charge is 2.11. The third kappa shape index (κ3) is 3.21. The smallest absolute Gasteiger partial charge is 0.337 e. The summed E-state index contributed by atoms with van der Waals surface area (Å²) in [5.41, 5.74) is -0.0439. The van der Waals surface area contributed by atoms with Crippen LogP contribution in [0.1, 0.15) is 10.4 Å². The molecule has 0 saturated heterocycles. The molecule has 19 heavy (non-hydrogen) atoms. The van der Waals surface area contributed by atoms with Crippen molar-refractivity contribution in [3.05, 3.63) is 51.3 Å². The number of hydrogen-bond acceptors (Lipinski definition) is 3. The number of carbonyl (C=O) groups is 1. The number of ether oxygens (including phenoxy) is 1. The van der Waals surface area contributed by atoms with Crippen LogP contribution in [0.15, 0.2) is 34.9 Å². The van der Waals surface area contributed by atoms with E-state index in [-0.39, 0.29) is 20.9 Å². The van der Waals surface area contributed by atoms with Crippen LogP contribution in [0.5, 0.6) is 11.6 Å². The lowest BCUT2D eigenvalue weighted by atomic mass is 10.3. The molecule has 1 N–H and O–H groups in total. The van der Waals surface area contributed by atoms with Crippen LogP contribution in [0.25, 0.3) is 0 Å². The zero-order valence-corrected chi connectivity index (χ0v) is 11.6. The molecule has 0 spiro atoms. The molecule has 0 saturated carbocycles. The van der Waals surface area contributed by atoms with E-state index in [2.05, 4.69) is 20.9 Å². The number of pyridine rings is 1. The van der Waals surface area contributed by atoms with Gasteiger partial charge in [-0.1, -0.05) is 11.6 Å². The number of aromatic nitrogens is 1. The molecule has 1 aromatic heterocycles. The molecule has 0 fully saturated rings. The van der Waals surface area contributed by atoms with Gasteiger partial charge in [-0.3, -0.25) is 0 Å². The lowest BCUT2D eigenvalue weighted by Crippen LogP contribution is -1.98. The van der Waals surface area contributed by atoms with Crippen molar-refractivity contribution < 1.29 is 19.0 Å². The molecule has 0 aliphatic rings. The number of hydrogen-bond donors (Lipinski definition) is 1. The van der Waals surface area contributed by atoms with Crippen molar-refractivity contribution >= 4 is 33.5 Å². The Bertz CT molecular complexity index is 651. The molecular formula is C12H6BrClFNO3. The maximum Gasteiger partial charge on any atom is 0.337 e. The van der Waals surface area contributed by atoms with Gasteiger partial charge in [0.25, 0.3) is 0 Å². The van der Waals surface area contributed by atoms with Crippen molar-refractivity contribution in [3.8, 4) is 11.6 Å². The minimum Gasteiger partial charge on any atom is -0.478 e. The van der Waals surface area contributed by atoms with E-state index >= 15 is 0 Å². The van der Waals surface area contributed by atoms with Gasteiger partial charge in [0.15, 0.2) is 0 Å². The zero-order chi connectivity index (χ0) is 14.0. The molecule has 0 bridgehead atoms. The molecule has 2 aromatic rings. The van der Waals surface area contributed by atoms with Gasteiger partial charge in [-0.15, -0.1) is 0 Å². The van der Waals surface area contributed by atoms with Gasteiger partial charge in [0.05, 0.1) is 10.0 Å². The van der Waals surface area contributed by atoms with E-state index in [0.717, 1.165) is 6.20 Å². The maximum atomic E-state index is 13.0. The average molecular weight is 347 g/mol. The molecule has 1 heterocycles. The normalized spacial score (nSPS) is 10.3. The Hall–Kier alpha value is -1.66. The summed E-state index contributed by atoms with van der Waals surface area (Å²) in [6.07, 6.45) is 1.13. The second-order valence-corrected chi connectivity index (χ2v) is 4.76. The molecule has 1 aromatic carbocycles. The van der Waals surface area contributed by atoms with Crippen LogP contribution in [0, 0.1) is 5.82 Å². The molecule has 0 aliphatic heterocycles. The molecule has 98 valence electrons. The summed E-state index contributed by atoms with van der Waals surface area (Å²) in [6, 6.07) is 5.27. The molecule has 4 nitrogen and oxygen atoms in total. The van der Waals surface area contributed by atoms with Crippen LogP contribution in [0.2, 0.25) is 5.02 Å². The number of carboxylic acids is 1. The molecule has 0 atom stereocenters. The van der Waals surface area contributed by atoms with Gasteiger partial charge in [-0.25, -0.2) is 14.2 Å². The highest BCUT2D eigenvalue weighted by atomic mass is 79.9. The summed E-state index contributed by atoms with van der Waals surface area (Å²) in [7, 11) is 0. The second-order valence-electron chi connectivity index (χ2n) is 3.49. The van der Waals surface area contributed by atoms with E-state index in [1.807, 2.05) is 0 Å². The van der Waals surface area contributed by atoms with Gasteiger partial charge in [-0.05, 0) is 40.2 Å². The van der Waals surface area contributed by atoms with Gasteiger partial charge >= 0.3 is 5.97 Å². The van der Waals surface area contributed by atoms with Crippen molar-refractivity contribution in [2.75, 3.05) is 0 Å². The van der Waals surface area contributed by atoms with Gasteiger partial charge in [0, 0.05) is 6.20 Å². The lowest BCUT2D eigenvalue weighted by molar-refractivity contribution is 0.0696. The minimum atomic E-state index is -1.13. The van der Waals surface area contributed by atoms with Gasteiger partial charge < -0.3 is 9.84 Å². The summed E-state index contributed by atoms with van der Waals surface area (Å²) < 4.78 is 18.6. The number of carboxylic acid groups (broad SMARTS) is 1. The van der Waals surface area contributed by atoms with E-state index < -0.39 is 11.8 Å². The standard InChI is InChI=1S/C12H6BrClFNO3/c13-8-4-7(1-2-10(8)15)19-11-9(14)3-6(5-16-11)12(17)18/h1-5H,(H,17,18). The minimum absolute atomic E-state index is 0.0439. The Morgan fingerprint density at radius 3 is 2.74 bits per heavy atom. The summed E-state index contributed by atoms with van der Waals surface area (Å²) in [5, 5.41) is 8.83. The Labute approximate surface area is 120 Å². The fourth-order valence-electron chi connectivity index (χ4n) is 1.27. The Balaban J connectivity index is 2.28. The van der Waals surface area contributed by atoms with E-state index in [1.54, 1.807) is 0 Å². The predicted molar refractivity (Wildman–Crippen MR) is 70.4 cm³/mol. The summed E-state index contributed by atoms with van der Waals surface area (Å²) in [6.45, 7) is 0. The lowest BCUT2D eigenvalue weighted by Gasteiger charge is -2.07. The van der Waals surface area contributed by atoms with Gasteiger partial charge in [0.2, 0.25) is 5.88 Å². The van der Waals surface area contributed by atoms with E-state index in [0.29, 0.717) is 5.75 Å². The number of aromatic carboxylic acids is 1. The quantitative estimate of drug-likeness (QED) is 0.908. The molecule has 0 amide bonds. The third-order valence-corrected chi connectivity index (χ3v) is 3.04. The first-order chi connectivity index (χ1) is 8.97. The van der Waals surface area contributed by atoms with E-state index in [1.165, 1.54) is 24.3 Å². The molecule has 0 radical (unpaired) electrons. The summed E-state index contributed by atoms with van der Waals surface area (Å²) in [4.78, 5) is 14.5. The fraction of sp³-hybridized carbons (Fsp3) is 0. The first-order valence-electron chi connectivity index (χ1n) is 4.99. The predicted octanol–water partition coefficient (Wildman–Crippen LogP) is 4.13. The fourth-order valence-corrected chi connectivity index (χ4v) is 1.83. The monoisotopic (exact) mass is 345 g/mol. The maximum absolute atomic E-state index is 13.0. The number of rotatable bonds is 3. The molecule has 2 rings (SSSR count). The third-order valence-electron chi connectivity index (χ3n) is 2.16. The Kier molecular flexibility index (Phi) is 4.01. The van der Waals surface area contributed by atoms with Crippen LogP contribution in [0.4, 0.5) is 4.39 Å². The average Bonchev–Trinajstić information content (AvgIpc) is 2.36. The summed E-state index contributed by atoms with van der Waals surface area (Å²) >= 11 is 8.88. The second kappa shape index (κ2) is 5.54. The van der Waals surface area contributed by atoms with Crippen molar-refractivity contribution in [1.82, 2.24) is 4.98 Å².